The molecule has 102 valence electrons. The molecule has 2 rings (SSSR count). The minimum Gasteiger partial charge on any atom is -0.384 e. The summed E-state index contributed by atoms with van der Waals surface area (Å²) in [6.07, 6.45) is 2.02. The van der Waals surface area contributed by atoms with Crippen LogP contribution in [0, 0.1) is 5.92 Å². The number of H-pyrrole nitrogens is 1. The molecule has 0 aromatic carbocycles. The van der Waals surface area contributed by atoms with Crippen molar-refractivity contribution in [1.29, 1.82) is 0 Å². The molecule has 6 heteroatoms. The van der Waals surface area contributed by atoms with Crippen molar-refractivity contribution < 1.29 is 4.74 Å². The highest BCUT2D eigenvalue weighted by Crippen LogP contribution is 2.11. The summed E-state index contributed by atoms with van der Waals surface area (Å²) in [7, 11) is 1.73. The molecule has 0 aliphatic carbocycles. The van der Waals surface area contributed by atoms with Gasteiger partial charge in [0.15, 0.2) is 0 Å². The van der Waals surface area contributed by atoms with Crippen LogP contribution in [0.2, 0.25) is 0 Å². The average Bonchev–Trinajstić information content (AvgIpc) is 2.64. The van der Waals surface area contributed by atoms with Gasteiger partial charge in [0.25, 0.3) is 0 Å². The van der Waals surface area contributed by atoms with Gasteiger partial charge in [0, 0.05) is 39.8 Å². The van der Waals surface area contributed by atoms with Crippen LogP contribution in [0.1, 0.15) is 19.2 Å². The maximum absolute atomic E-state index is 5.13. The molecule has 1 aliphatic rings. The van der Waals surface area contributed by atoms with Crippen LogP contribution >= 0.6 is 0 Å². The Kier molecular flexibility index (Phi) is 4.95. The van der Waals surface area contributed by atoms with Gasteiger partial charge in [-0.15, -0.1) is 5.10 Å². The van der Waals surface area contributed by atoms with Crippen molar-refractivity contribution in [2.75, 3.05) is 44.8 Å². The van der Waals surface area contributed by atoms with Crippen LogP contribution < -0.4 is 10.2 Å². The lowest BCUT2D eigenvalue weighted by atomic mass is 10.1. The number of aromatic nitrogens is 3. The van der Waals surface area contributed by atoms with Gasteiger partial charge >= 0.3 is 0 Å². The maximum atomic E-state index is 5.13. The molecule has 0 bridgehead atoms. The maximum Gasteiger partial charge on any atom is 0.244 e. The van der Waals surface area contributed by atoms with Gasteiger partial charge in [-0.1, -0.05) is 6.92 Å². The van der Waals surface area contributed by atoms with E-state index in [4.69, 9.17) is 4.74 Å². The molecule has 6 nitrogen and oxygen atoms in total. The lowest BCUT2D eigenvalue weighted by molar-refractivity contribution is 0.159. The molecule has 1 unspecified atom stereocenters. The van der Waals surface area contributed by atoms with Gasteiger partial charge in [-0.05, 0) is 18.9 Å². The Hall–Kier alpha value is -1.14. The Bertz CT molecular complexity index is 346. The van der Waals surface area contributed by atoms with Crippen LogP contribution in [0.4, 0.5) is 5.95 Å². The van der Waals surface area contributed by atoms with Crippen molar-refractivity contribution in [3.63, 3.8) is 0 Å². The van der Waals surface area contributed by atoms with Gasteiger partial charge < -0.3 is 15.0 Å². The minimum absolute atomic E-state index is 0.460. The second-order valence-electron chi connectivity index (χ2n) is 4.94. The molecule has 0 saturated carbocycles. The van der Waals surface area contributed by atoms with E-state index in [0.29, 0.717) is 5.92 Å². The Labute approximate surface area is 108 Å². The Balaban J connectivity index is 1.92. The summed E-state index contributed by atoms with van der Waals surface area (Å²) in [6.45, 7) is 7.00. The molecular formula is C12H23N5O. The lowest BCUT2D eigenvalue weighted by Gasteiger charge is -2.16. The van der Waals surface area contributed by atoms with Crippen molar-refractivity contribution in [1.82, 2.24) is 20.5 Å². The van der Waals surface area contributed by atoms with Crippen molar-refractivity contribution >= 4 is 5.95 Å². The quantitative estimate of drug-likeness (QED) is 0.796. The average molecular weight is 253 g/mol. The fourth-order valence-corrected chi connectivity index (χ4v) is 2.24. The largest absolute Gasteiger partial charge is 0.384 e. The molecule has 1 atom stereocenters. The summed E-state index contributed by atoms with van der Waals surface area (Å²) in [5.41, 5.74) is 0. The third-order valence-electron chi connectivity index (χ3n) is 3.14. The number of rotatable bonds is 5. The van der Waals surface area contributed by atoms with E-state index >= 15 is 0 Å². The number of anilines is 1. The molecule has 0 amide bonds. The molecule has 1 aromatic heterocycles. The van der Waals surface area contributed by atoms with Crippen LogP contribution in [0.15, 0.2) is 0 Å². The number of nitrogens with zero attached hydrogens (tertiary/aromatic N) is 3. The van der Waals surface area contributed by atoms with Crippen molar-refractivity contribution in [2.45, 2.75) is 19.8 Å². The van der Waals surface area contributed by atoms with E-state index in [1.54, 1.807) is 7.11 Å². The first-order valence-electron chi connectivity index (χ1n) is 6.65. The zero-order valence-electron chi connectivity index (χ0n) is 11.3. The van der Waals surface area contributed by atoms with Crippen LogP contribution in [-0.4, -0.2) is 55.1 Å². The fraction of sp³-hybridized carbons (Fsp3) is 0.833. The van der Waals surface area contributed by atoms with E-state index < -0.39 is 0 Å². The van der Waals surface area contributed by atoms with E-state index in [1.807, 2.05) is 0 Å². The first-order chi connectivity index (χ1) is 8.79. The molecule has 1 aromatic rings. The first-order valence-corrected chi connectivity index (χ1v) is 6.65. The Morgan fingerprint density at radius 3 is 3.11 bits per heavy atom. The van der Waals surface area contributed by atoms with Crippen molar-refractivity contribution in [2.24, 2.45) is 5.92 Å². The predicted octanol–water partition coefficient (Wildman–Crippen LogP) is 0.429. The zero-order valence-corrected chi connectivity index (χ0v) is 11.3. The second kappa shape index (κ2) is 6.70. The Morgan fingerprint density at radius 1 is 1.39 bits per heavy atom. The van der Waals surface area contributed by atoms with E-state index in [9.17, 15) is 0 Å². The molecule has 0 radical (unpaired) electrons. The zero-order chi connectivity index (χ0) is 12.8. The van der Waals surface area contributed by atoms with E-state index in [2.05, 4.69) is 32.3 Å². The minimum atomic E-state index is 0.460. The summed E-state index contributed by atoms with van der Waals surface area (Å²) < 4.78 is 5.13. The van der Waals surface area contributed by atoms with Crippen LogP contribution in [0.3, 0.4) is 0 Å². The summed E-state index contributed by atoms with van der Waals surface area (Å²) in [5, 5.41) is 10.7. The molecular weight excluding hydrogens is 230 g/mol. The molecule has 2 N–H and O–H groups in total. The van der Waals surface area contributed by atoms with Gasteiger partial charge in [0.05, 0.1) is 0 Å². The lowest BCUT2D eigenvalue weighted by Crippen LogP contribution is -2.28. The molecule has 1 aliphatic heterocycles. The highest BCUT2D eigenvalue weighted by molar-refractivity contribution is 5.28. The third-order valence-corrected chi connectivity index (χ3v) is 3.14. The van der Waals surface area contributed by atoms with Crippen LogP contribution in [-0.2, 0) is 11.2 Å². The van der Waals surface area contributed by atoms with Crippen molar-refractivity contribution in [3.05, 3.63) is 5.82 Å². The Morgan fingerprint density at radius 2 is 2.28 bits per heavy atom. The van der Waals surface area contributed by atoms with Crippen LogP contribution in [0.5, 0.6) is 0 Å². The SMILES string of the molecule is COCC(C)Cc1nc(N2CCCNCC2)n[nH]1. The third kappa shape index (κ3) is 3.68. The number of nitrogens with one attached hydrogen (secondary N) is 2. The van der Waals surface area contributed by atoms with Crippen LogP contribution in [0.25, 0.3) is 0 Å². The number of aromatic amines is 1. The van der Waals surface area contributed by atoms with Gasteiger partial charge in [0.1, 0.15) is 5.82 Å². The van der Waals surface area contributed by atoms with Gasteiger partial charge in [-0.25, -0.2) is 0 Å². The number of hydrogen-bond donors (Lipinski definition) is 2. The highest BCUT2D eigenvalue weighted by atomic mass is 16.5. The standard InChI is InChI=1S/C12H23N5O/c1-10(9-18-2)8-11-14-12(16-15-11)17-6-3-4-13-5-7-17/h10,13H,3-9H2,1-2H3,(H,14,15,16). The highest BCUT2D eigenvalue weighted by Gasteiger charge is 2.15. The van der Waals surface area contributed by atoms with E-state index in [1.165, 1.54) is 0 Å². The van der Waals surface area contributed by atoms with E-state index in [0.717, 1.165) is 57.4 Å². The van der Waals surface area contributed by atoms with Gasteiger partial charge in [-0.2, -0.15) is 4.98 Å². The number of methoxy groups -OCH3 is 1. The molecule has 1 saturated heterocycles. The summed E-state index contributed by atoms with van der Waals surface area (Å²) in [5.74, 6) is 2.24. The van der Waals surface area contributed by atoms with E-state index in [-0.39, 0.29) is 0 Å². The van der Waals surface area contributed by atoms with Crippen molar-refractivity contribution in [3.8, 4) is 0 Å². The monoisotopic (exact) mass is 253 g/mol. The normalized spacial score (nSPS) is 18.7. The molecule has 0 spiro atoms. The fourth-order valence-electron chi connectivity index (χ4n) is 2.24. The summed E-state index contributed by atoms with van der Waals surface area (Å²) in [4.78, 5) is 6.81. The summed E-state index contributed by atoms with van der Waals surface area (Å²) in [6, 6.07) is 0. The van der Waals surface area contributed by atoms with Gasteiger partial charge in [0.2, 0.25) is 5.95 Å². The molecule has 2 heterocycles. The summed E-state index contributed by atoms with van der Waals surface area (Å²) >= 11 is 0. The predicted molar refractivity (Wildman–Crippen MR) is 70.8 cm³/mol. The first kappa shape index (κ1) is 13.3. The van der Waals surface area contributed by atoms with Gasteiger partial charge in [-0.3, -0.25) is 5.10 Å². The smallest absolute Gasteiger partial charge is 0.244 e. The number of hydrogen-bond acceptors (Lipinski definition) is 5. The topological polar surface area (TPSA) is 66.1 Å². The molecule has 18 heavy (non-hydrogen) atoms. The second-order valence-corrected chi connectivity index (χ2v) is 4.94. The molecule has 1 fully saturated rings. The number of ether oxygens (including phenoxy) is 1.